The van der Waals surface area contributed by atoms with E-state index in [9.17, 15) is 18.0 Å². The van der Waals surface area contributed by atoms with Gasteiger partial charge in [-0.2, -0.15) is 4.31 Å². The molecule has 1 saturated heterocycles. The second-order valence-corrected chi connectivity index (χ2v) is 11.0. The third kappa shape index (κ3) is 5.83. The molecule has 36 heavy (non-hydrogen) atoms. The van der Waals surface area contributed by atoms with Gasteiger partial charge in [-0.15, -0.1) is 0 Å². The molecule has 2 amide bonds. The van der Waals surface area contributed by atoms with Crippen LogP contribution in [0.15, 0.2) is 83.8 Å². The van der Waals surface area contributed by atoms with Gasteiger partial charge in [0.1, 0.15) is 6.04 Å². The molecule has 188 valence electrons. The molecule has 1 aliphatic rings. The predicted octanol–water partition coefficient (Wildman–Crippen LogP) is 3.18. The number of sulfonamides is 1. The molecule has 0 bridgehead atoms. The fraction of sp³-hybridized carbons (Fsp3) is 0.286. The molecule has 7 nitrogen and oxygen atoms in total. The molecule has 1 fully saturated rings. The highest BCUT2D eigenvalue weighted by Gasteiger charge is 2.34. The van der Waals surface area contributed by atoms with Crippen LogP contribution in [-0.2, 0) is 21.2 Å². The molecular formula is C28H31N3O4S. The zero-order valence-corrected chi connectivity index (χ0v) is 21.4. The molecule has 0 radical (unpaired) electrons. The molecule has 0 aromatic heterocycles. The summed E-state index contributed by atoms with van der Waals surface area (Å²) in [6.07, 6.45) is 0.346. The minimum atomic E-state index is -3.66. The first-order chi connectivity index (χ1) is 17.3. The molecule has 3 aromatic rings. The molecule has 8 heteroatoms. The van der Waals surface area contributed by atoms with Crippen molar-refractivity contribution in [2.75, 3.05) is 26.2 Å². The van der Waals surface area contributed by atoms with Gasteiger partial charge in [-0.3, -0.25) is 9.59 Å². The lowest BCUT2D eigenvalue weighted by atomic mass is 10.0. The van der Waals surface area contributed by atoms with Crippen LogP contribution in [0, 0.1) is 13.8 Å². The summed E-state index contributed by atoms with van der Waals surface area (Å²) < 4.78 is 28.0. The smallest absolute Gasteiger partial charge is 0.251 e. The summed E-state index contributed by atoms with van der Waals surface area (Å²) in [4.78, 5) is 28.4. The number of benzene rings is 3. The largest absolute Gasteiger partial charge is 0.340 e. The van der Waals surface area contributed by atoms with Gasteiger partial charge in [-0.1, -0.05) is 60.7 Å². The van der Waals surface area contributed by atoms with Gasteiger partial charge in [-0.05, 0) is 48.7 Å². The van der Waals surface area contributed by atoms with Crippen LogP contribution in [-0.4, -0.2) is 61.7 Å². The number of hydrogen-bond donors (Lipinski definition) is 1. The van der Waals surface area contributed by atoms with Crippen molar-refractivity contribution < 1.29 is 18.0 Å². The lowest BCUT2D eigenvalue weighted by Crippen LogP contribution is -2.56. The fourth-order valence-electron chi connectivity index (χ4n) is 4.37. The maximum absolute atomic E-state index is 13.5. The van der Waals surface area contributed by atoms with E-state index in [0.29, 0.717) is 22.4 Å². The van der Waals surface area contributed by atoms with Crippen molar-refractivity contribution in [3.05, 3.63) is 101 Å². The number of nitrogens with one attached hydrogen (secondary N) is 1. The Bertz CT molecular complexity index is 1320. The van der Waals surface area contributed by atoms with Crippen molar-refractivity contribution in [2.24, 2.45) is 0 Å². The first-order valence-electron chi connectivity index (χ1n) is 12.0. The van der Waals surface area contributed by atoms with E-state index >= 15 is 0 Å². The molecule has 0 saturated carbocycles. The van der Waals surface area contributed by atoms with E-state index in [0.717, 1.165) is 11.1 Å². The van der Waals surface area contributed by atoms with Crippen LogP contribution >= 0.6 is 0 Å². The van der Waals surface area contributed by atoms with E-state index in [-0.39, 0.29) is 38.0 Å². The summed E-state index contributed by atoms with van der Waals surface area (Å²) in [5, 5.41) is 2.90. The van der Waals surface area contributed by atoms with Crippen LogP contribution in [0.2, 0.25) is 0 Å². The predicted molar refractivity (Wildman–Crippen MR) is 139 cm³/mol. The van der Waals surface area contributed by atoms with Crippen molar-refractivity contribution in [3.63, 3.8) is 0 Å². The van der Waals surface area contributed by atoms with Gasteiger partial charge >= 0.3 is 0 Å². The van der Waals surface area contributed by atoms with E-state index < -0.39 is 16.1 Å². The van der Waals surface area contributed by atoms with E-state index in [1.54, 1.807) is 42.2 Å². The SMILES string of the molecule is Cc1ccc(C)c(S(=O)(=O)N2CCN(C(=O)[C@H](Cc3ccccc3)NC(=O)c3ccccc3)CC2)c1. The van der Waals surface area contributed by atoms with Crippen LogP contribution in [0.5, 0.6) is 0 Å². The van der Waals surface area contributed by atoms with Gasteiger partial charge in [0, 0.05) is 38.2 Å². The number of carbonyl (C=O) groups excluding carboxylic acids is 2. The standard InChI is InChI=1S/C28H31N3O4S/c1-21-13-14-22(2)26(19-21)36(34,35)31-17-15-30(16-18-31)28(33)25(20-23-9-5-3-6-10-23)29-27(32)24-11-7-4-8-12-24/h3-14,19,25H,15-18,20H2,1-2H3,(H,29,32)/t25-/m0/s1. The van der Waals surface area contributed by atoms with Crippen molar-refractivity contribution in [2.45, 2.75) is 31.2 Å². The van der Waals surface area contributed by atoms with Crippen LogP contribution in [0.4, 0.5) is 0 Å². The third-order valence-electron chi connectivity index (χ3n) is 6.43. The number of amides is 2. The zero-order valence-electron chi connectivity index (χ0n) is 20.6. The second-order valence-electron chi connectivity index (χ2n) is 9.08. The maximum atomic E-state index is 13.5. The Morgan fingerprint density at radius 3 is 2.11 bits per heavy atom. The Balaban J connectivity index is 1.48. The van der Waals surface area contributed by atoms with E-state index in [2.05, 4.69) is 5.32 Å². The highest BCUT2D eigenvalue weighted by molar-refractivity contribution is 7.89. The Morgan fingerprint density at radius 2 is 1.47 bits per heavy atom. The third-order valence-corrected chi connectivity index (χ3v) is 8.47. The molecule has 4 rings (SSSR count). The normalized spacial score (nSPS) is 15.3. The summed E-state index contributed by atoms with van der Waals surface area (Å²) >= 11 is 0. The number of nitrogens with zero attached hydrogens (tertiary/aromatic N) is 2. The van der Waals surface area contributed by atoms with Crippen LogP contribution < -0.4 is 5.32 Å². The van der Waals surface area contributed by atoms with E-state index in [4.69, 9.17) is 0 Å². The van der Waals surface area contributed by atoms with Gasteiger partial charge in [0.25, 0.3) is 5.91 Å². The number of rotatable bonds is 7. The summed E-state index contributed by atoms with van der Waals surface area (Å²) in [6.45, 7) is 4.57. The lowest BCUT2D eigenvalue weighted by Gasteiger charge is -2.36. The molecule has 1 atom stereocenters. The van der Waals surface area contributed by atoms with Crippen LogP contribution in [0.25, 0.3) is 0 Å². The summed E-state index contributed by atoms with van der Waals surface area (Å²) in [5.74, 6) is -0.534. The second kappa shape index (κ2) is 11.1. The lowest BCUT2D eigenvalue weighted by molar-refractivity contribution is -0.134. The Hall–Kier alpha value is -3.49. The minimum absolute atomic E-state index is 0.201. The minimum Gasteiger partial charge on any atom is -0.340 e. The molecule has 3 aromatic carbocycles. The number of piperazine rings is 1. The van der Waals surface area contributed by atoms with Crippen molar-refractivity contribution in [3.8, 4) is 0 Å². The van der Waals surface area contributed by atoms with E-state index in [1.807, 2.05) is 55.5 Å². The van der Waals surface area contributed by atoms with Crippen molar-refractivity contribution in [1.82, 2.24) is 14.5 Å². The maximum Gasteiger partial charge on any atom is 0.251 e. The average molecular weight is 506 g/mol. The average Bonchev–Trinajstić information content (AvgIpc) is 2.90. The number of aryl methyl sites for hydroxylation is 2. The molecule has 1 aliphatic heterocycles. The van der Waals surface area contributed by atoms with Gasteiger partial charge in [-0.25, -0.2) is 8.42 Å². The molecule has 0 aliphatic carbocycles. The monoisotopic (exact) mass is 505 g/mol. The molecule has 0 spiro atoms. The van der Waals surface area contributed by atoms with Crippen LogP contribution in [0.3, 0.4) is 0 Å². The molecule has 1 heterocycles. The molecule has 1 N–H and O–H groups in total. The van der Waals surface area contributed by atoms with Gasteiger partial charge in [0.15, 0.2) is 0 Å². The van der Waals surface area contributed by atoms with Crippen molar-refractivity contribution >= 4 is 21.8 Å². The van der Waals surface area contributed by atoms with Crippen molar-refractivity contribution in [1.29, 1.82) is 0 Å². The van der Waals surface area contributed by atoms with E-state index in [1.165, 1.54) is 4.31 Å². The van der Waals surface area contributed by atoms with Gasteiger partial charge in [0.2, 0.25) is 15.9 Å². The first-order valence-corrected chi connectivity index (χ1v) is 13.5. The topological polar surface area (TPSA) is 86.8 Å². The number of hydrogen-bond acceptors (Lipinski definition) is 4. The summed E-state index contributed by atoms with van der Waals surface area (Å²) in [6, 6.07) is 23.0. The molecule has 0 unspecified atom stereocenters. The van der Waals surface area contributed by atoms with Gasteiger partial charge in [0.05, 0.1) is 4.90 Å². The Morgan fingerprint density at radius 1 is 0.861 bits per heavy atom. The van der Waals surface area contributed by atoms with Gasteiger partial charge < -0.3 is 10.2 Å². The summed E-state index contributed by atoms with van der Waals surface area (Å²) in [7, 11) is -3.66. The summed E-state index contributed by atoms with van der Waals surface area (Å²) in [5.41, 5.74) is 2.99. The Labute approximate surface area is 212 Å². The quantitative estimate of drug-likeness (QED) is 0.534. The first kappa shape index (κ1) is 25.6. The Kier molecular flexibility index (Phi) is 7.86. The van der Waals surface area contributed by atoms with Crippen LogP contribution in [0.1, 0.15) is 27.0 Å². The molecular weight excluding hydrogens is 474 g/mol. The highest BCUT2D eigenvalue weighted by Crippen LogP contribution is 2.23. The fourth-order valence-corrected chi connectivity index (χ4v) is 6.11. The number of carbonyl (C=O) groups is 2. The highest BCUT2D eigenvalue weighted by atomic mass is 32.2. The zero-order chi connectivity index (χ0) is 25.7.